The van der Waals surface area contributed by atoms with Gasteiger partial charge >= 0.3 is 0 Å². The first-order valence-corrected chi connectivity index (χ1v) is 6.04. The number of rotatable bonds is 4. The third kappa shape index (κ3) is 3.08. The number of aryl methyl sites for hydroxylation is 2. The van der Waals surface area contributed by atoms with Crippen LogP contribution in [0.5, 0.6) is 5.75 Å². The summed E-state index contributed by atoms with van der Waals surface area (Å²) in [4.78, 5) is 4.00. The first-order valence-electron chi connectivity index (χ1n) is 6.04. The Hall–Kier alpha value is -1.87. The summed E-state index contributed by atoms with van der Waals surface area (Å²) in [6.07, 6.45) is 3.38. The molecule has 1 aromatic heterocycles. The number of hydrogen-bond acceptors (Lipinski definition) is 3. The summed E-state index contributed by atoms with van der Waals surface area (Å²) in [5.74, 6) is 0.861. The highest BCUT2D eigenvalue weighted by Crippen LogP contribution is 2.23. The molecule has 0 radical (unpaired) electrons. The Kier molecular flexibility index (Phi) is 3.95. The van der Waals surface area contributed by atoms with Gasteiger partial charge in [-0.3, -0.25) is 4.98 Å². The number of benzene rings is 1. The second-order valence-electron chi connectivity index (χ2n) is 4.45. The lowest BCUT2D eigenvalue weighted by Gasteiger charge is -2.18. The number of nitrogens with zero attached hydrogens (tertiary/aromatic N) is 1. The van der Waals surface area contributed by atoms with E-state index in [1.807, 2.05) is 24.3 Å². The fraction of sp³-hybridized carbons (Fsp3) is 0.267. The van der Waals surface area contributed by atoms with Gasteiger partial charge in [-0.2, -0.15) is 0 Å². The molecule has 0 aliphatic heterocycles. The summed E-state index contributed by atoms with van der Waals surface area (Å²) in [6.45, 7) is 4.56. The predicted octanol–water partition coefficient (Wildman–Crippen LogP) is 2.78. The second kappa shape index (κ2) is 5.65. The maximum absolute atomic E-state index is 5.96. The van der Waals surface area contributed by atoms with Crippen molar-refractivity contribution < 1.29 is 4.74 Å². The molecule has 0 saturated heterocycles. The topological polar surface area (TPSA) is 48.1 Å². The van der Waals surface area contributed by atoms with Crippen molar-refractivity contribution in [2.75, 3.05) is 6.54 Å². The molecule has 3 nitrogen and oxygen atoms in total. The molecule has 0 amide bonds. The first-order chi connectivity index (χ1) is 8.69. The van der Waals surface area contributed by atoms with Crippen LogP contribution in [0.3, 0.4) is 0 Å². The van der Waals surface area contributed by atoms with Crippen molar-refractivity contribution >= 4 is 0 Å². The molecular weight excluding hydrogens is 224 g/mol. The van der Waals surface area contributed by atoms with Crippen LogP contribution in [-0.2, 0) is 0 Å². The van der Waals surface area contributed by atoms with Gasteiger partial charge in [-0.15, -0.1) is 0 Å². The van der Waals surface area contributed by atoms with E-state index in [1.165, 1.54) is 11.1 Å². The molecule has 1 unspecified atom stereocenters. The minimum absolute atomic E-state index is 0.130. The third-order valence-corrected chi connectivity index (χ3v) is 2.77. The van der Waals surface area contributed by atoms with Crippen molar-refractivity contribution in [1.82, 2.24) is 4.98 Å². The number of ether oxygens (including phenoxy) is 1. The third-order valence-electron chi connectivity index (χ3n) is 2.77. The fourth-order valence-corrected chi connectivity index (χ4v) is 2.00. The number of aromatic nitrogens is 1. The maximum atomic E-state index is 5.96. The Balaban J connectivity index is 2.20. The molecule has 0 aliphatic carbocycles. The molecule has 18 heavy (non-hydrogen) atoms. The van der Waals surface area contributed by atoms with Crippen LogP contribution in [0, 0.1) is 13.8 Å². The molecule has 3 heteroatoms. The van der Waals surface area contributed by atoms with E-state index in [4.69, 9.17) is 10.5 Å². The molecule has 1 aromatic carbocycles. The summed E-state index contributed by atoms with van der Waals surface area (Å²) in [6, 6.07) is 10.0. The summed E-state index contributed by atoms with van der Waals surface area (Å²) < 4.78 is 5.96. The zero-order valence-corrected chi connectivity index (χ0v) is 10.8. The van der Waals surface area contributed by atoms with Gasteiger partial charge in [-0.1, -0.05) is 6.07 Å². The van der Waals surface area contributed by atoms with Gasteiger partial charge in [-0.25, -0.2) is 0 Å². The van der Waals surface area contributed by atoms with Crippen LogP contribution in [-0.4, -0.2) is 11.5 Å². The van der Waals surface area contributed by atoms with E-state index in [9.17, 15) is 0 Å². The van der Waals surface area contributed by atoms with E-state index in [0.29, 0.717) is 6.54 Å². The predicted molar refractivity (Wildman–Crippen MR) is 72.6 cm³/mol. The molecule has 2 N–H and O–H groups in total. The van der Waals surface area contributed by atoms with Crippen LogP contribution in [0.4, 0.5) is 0 Å². The van der Waals surface area contributed by atoms with Gasteiger partial charge in [0.2, 0.25) is 0 Å². The van der Waals surface area contributed by atoms with Gasteiger partial charge in [0.05, 0.1) is 0 Å². The van der Waals surface area contributed by atoms with Gasteiger partial charge in [-0.05, 0) is 54.8 Å². The van der Waals surface area contributed by atoms with E-state index in [2.05, 4.69) is 24.9 Å². The standard InChI is InChI=1S/C15H18N2O/c1-11-7-12(2)9-14(8-11)18-15(10-16)13-3-5-17-6-4-13/h3-9,15H,10,16H2,1-2H3. The van der Waals surface area contributed by atoms with E-state index in [0.717, 1.165) is 11.3 Å². The molecule has 2 rings (SSSR count). The smallest absolute Gasteiger partial charge is 0.136 e. The number of pyridine rings is 1. The Morgan fingerprint density at radius 1 is 1.11 bits per heavy atom. The zero-order valence-electron chi connectivity index (χ0n) is 10.8. The van der Waals surface area contributed by atoms with Gasteiger partial charge in [0.25, 0.3) is 0 Å². The van der Waals surface area contributed by atoms with Crippen LogP contribution in [0.25, 0.3) is 0 Å². The van der Waals surface area contributed by atoms with Gasteiger partial charge < -0.3 is 10.5 Å². The molecule has 1 atom stereocenters. The van der Waals surface area contributed by atoms with Crippen molar-refractivity contribution in [3.8, 4) is 5.75 Å². The van der Waals surface area contributed by atoms with Crippen molar-refractivity contribution in [3.63, 3.8) is 0 Å². The lowest BCUT2D eigenvalue weighted by molar-refractivity contribution is 0.214. The van der Waals surface area contributed by atoms with Crippen LogP contribution in [0.2, 0.25) is 0 Å². The Morgan fingerprint density at radius 3 is 2.28 bits per heavy atom. The van der Waals surface area contributed by atoms with E-state index >= 15 is 0 Å². The van der Waals surface area contributed by atoms with Crippen LogP contribution in [0.15, 0.2) is 42.7 Å². The van der Waals surface area contributed by atoms with E-state index < -0.39 is 0 Å². The molecule has 0 fully saturated rings. The average Bonchev–Trinajstić information content (AvgIpc) is 2.36. The molecule has 0 bridgehead atoms. The average molecular weight is 242 g/mol. The second-order valence-corrected chi connectivity index (χ2v) is 4.45. The maximum Gasteiger partial charge on any atom is 0.136 e. The zero-order chi connectivity index (χ0) is 13.0. The van der Waals surface area contributed by atoms with E-state index in [-0.39, 0.29) is 6.10 Å². The fourth-order valence-electron chi connectivity index (χ4n) is 2.00. The molecule has 0 saturated carbocycles. The van der Waals surface area contributed by atoms with Crippen LogP contribution >= 0.6 is 0 Å². The molecule has 2 aromatic rings. The van der Waals surface area contributed by atoms with Crippen LogP contribution in [0.1, 0.15) is 22.8 Å². The highest BCUT2D eigenvalue weighted by molar-refractivity contribution is 5.33. The SMILES string of the molecule is Cc1cc(C)cc(OC(CN)c2ccncc2)c1. The van der Waals surface area contributed by atoms with Crippen molar-refractivity contribution in [3.05, 3.63) is 59.4 Å². The summed E-state index contributed by atoms with van der Waals surface area (Å²) in [5.41, 5.74) is 9.21. The number of hydrogen-bond donors (Lipinski definition) is 1. The number of nitrogens with two attached hydrogens (primary N) is 1. The minimum atomic E-state index is -0.130. The van der Waals surface area contributed by atoms with Gasteiger partial charge in [0.1, 0.15) is 11.9 Å². The van der Waals surface area contributed by atoms with E-state index in [1.54, 1.807) is 12.4 Å². The lowest BCUT2D eigenvalue weighted by Crippen LogP contribution is -2.18. The Morgan fingerprint density at radius 2 is 1.72 bits per heavy atom. The molecule has 0 aliphatic rings. The molecule has 0 spiro atoms. The minimum Gasteiger partial charge on any atom is -0.484 e. The monoisotopic (exact) mass is 242 g/mol. The molecule has 1 heterocycles. The van der Waals surface area contributed by atoms with Crippen molar-refractivity contribution in [2.24, 2.45) is 5.73 Å². The Labute approximate surface area is 108 Å². The first kappa shape index (κ1) is 12.6. The lowest BCUT2D eigenvalue weighted by atomic mass is 10.1. The summed E-state index contributed by atoms with van der Waals surface area (Å²) in [5, 5.41) is 0. The summed E-state index contributed by atoms with van der Waals surface area (Å²) in [7, 11) is 0. The normalized spacial score (nSPS) is 12.2. The largest absolute Gasteiger partial charge is 0.484 e. The Bertz CT molecular complexity index is 491. The van der Waals surface area contributed by atoms with Crippen molar-refractivity contribution in [1.29, 1.82) is 0 Å². The summed E-state index contributed by atoms with van der Waals surface area (Å²) >= 11 is 0. The highest BCUT2D eigenvalue weighted by atomic mass is 16.5. The van der Waals surface area contributed by atoms with Crippen molar-refractivity contribution in [2.45, 2.75) is 20.0 Å². The highest BCUT2D eigenvalue weighted by Gasteiger charge is 2.11. The quantitative estimate of drug-likeness (QED) is 0.896. The van der Waals surface area contributed by atoms with Gasteiger partial charge in [0.15, 0.2) is 0 Å². The van der Waals surface area contributed by atoms with Crippen LogP contribution < -0.4 is 10.5 Å². The molecule has 94 valence electrons. The molecular formula is C15H18N2O. The van der Waals surface area contributed by atoms with Gasteiger partial charge in [0, 0.05) is 18.9 Å².